The lowest BCUT2D eigenvalue weighted by Crippen LogP contribution is -2.33. The van der Waals surface area contributed by atoms with Gasteiger partial charge < -0.3 is 10.2 Å². The summed E-state index contributed by atoms with van der Waals surface area (Å²) in [6.45, 7) is 3.26. The van der Waals surface area contributed by atoms with Crippen LogP contribution in [0, 0.1) is 6.92 Å². The van der Waals surface area contributed by atoms with Crippen molar-refractivity contribution in [3.8, 4) is 5.69 Å². The van der Waals surface area contributed by atoms with E-state index in [4.69, 9.17) is 0 Å². The molecular weight excluding hydrogens is 392 g/mol. The summed E-state index contributed by atoms with van der Waals surface area (Å²) < 4.78 is 3.24. The Kier molecular flexibility index (Phi) is 5.33. The third-order valence-corrected chi connectivity index (χ3v) is 5.67. The highest BCUT2D eigenvalue weighted by molar-refractivity contribution is 5.92. The Labute approximate surface area is 180 Å². The summed E-state index contributed by atoms with van der Waals surface area (Å²) in [4.78, 5) is 39.8. The minimum absolute atomic E-state index is 0.0417. The van der Waals surface area contributed by atoms with Crippen molar-refractivity contribution in [3.63, 3.8) is 0 Å². The number of para-hydroxylation sites is 1. The van der Waals surface area contributed by atoms with Gasteiger partial charge in [-0.2, -0.15) is 0 Å². The number of carbonyl (C=O) groups is 2. The maximum absolute atomic E-state index is 13.1. The molecule has 2 heterocycles. The average molecular weight is 416 g/mol. The van der Waals surface area contributed by atoms with Crippen LogP contribution in [0.1, 0.15) is 36.2 Å². The van der Waals surface area contributed by atoms with E-state index in [0.717, 1.165) is 11.1 Å². The molecule has 0 saturated carbocycles. The topological polar surface area (TPSA) is 76.3 Å². The highest BCUT2D eigenvalue weighted by Crippen LogP contribution is 2.33. The third-order valence-electron chi connectivity index (χ3n) is 5.67. The van der Waals surface area contributed by atoms with E-state index in [1.807, 2.05) is 60.7 Å². The fourth-order valence-electron chi connectivity index (χ4n) is 3.99. The van der Waals surface area contributed by atoms with E-state index in [9.17, 15) is 14.4 Å². The standard InChI is InChI=1S/C24H24N4O3/c1-16-23(24(31)28(26(16)3)19-10-5-4-6-11-19)25-22(30)15-21-20-12-8-7-9-18(20)13-14-27(21)17(2)29/h4-14,21H,15H2,1-3H3,(H,25,30). The van der Waals surface area contributed by atoms with E-state index in [1.165, 1.54) is 11.6 Å². The first kappa shape index (κ1) is 20.4. The zero-order valence-electron chi connectivity index (χ0n) is 17.7. The number of hydrogen-bond acceptors (Lipinski definition) is 3. The summed E-state index contributed by atoms with van der Waals surface area (Å²) in [6.07, 6.45) is 3.61. The predicted octanol–water partition coefficient (Wildman–Crippen LogP) is 3.39. The van der Waals surface area contributed by atoms with Gasteiger partial charge in [0.15, 0.2) is 0 Å². The lowest BCUT2D eigenvalue weighted by molar-refractivity contribution is -0.129. The average Bonchev–Trinajstić information content (AvgIpc) is 2.97. The van der Waals surface area contributed by atoms with Gasteiger partial charge in [0.25, 0.3) is 5.56 Å². The van der Waals surface area contributed by atoms with Crippen molar-refractivity contribution in [1.82, 2.24) is 14.3 Å². The molecule has 2 amide bonds. The number of amides is 2. The molecule has 1 aromatic heterocycles. The van der Waals surface area contributed by atoms with Crippen LogP contribution in [0.2, 0.25) is 0 Å². The summed E-state index contributed by atoms with van der Waals surface area (Å²) in [6, 6.07) is 16.5. The number of benzene rings is 2. The molecule has 7 heteroatoms. The molecule has 0 saturated heterocycles. The first-order valence-corrected chi connectivity index (χ1v) is 10.1. The number of anilines is 1. The highest BCUT2D eigenvalue weighted by atomic mass is 16.2. The Morgan fingerprint density at radius 1 is 1.03 bits per heavy atom. The monoisotopic (exact) mass is 416 g/mol. The van der Waals surface area contributed by atoms with E-state index >= 15 is 0 Å². The zero-order valence-corrected chi connectivity index (χ0v) is 17.7. The number of fused-ring (bicyclic) bond motifs is 1. The molecule has 3 aromatic rings. The number of nitrogens with one attached hydrogen (secondary N) is 1. The van der Waals surface area contributed by atoms with Crippen LogP contribution in [0.15, 0.2) is 65.6 Å². The van der Waals surface area contributed by atoms with Gasteiger partial charge in [-0.25, -0.2) is 4.68 Å². The fourth-order valence-corrected chi connectivity index (χ4v) is 3.99. The van der Waals surface area contributed by atoms with Crippen molar-refractivity contribution in [2.24, 2.45) is 7.05 Å². The smallest absolute Gasteiger partial charge is 0.295 e. The van der Waals surface area contributed by atoms with Gasteiger partial charge in [-0.3, -0.25) is 19.1 Å². The minimum atomic E-state index is -0.431. The van der Waals surface area contributed by atoms with Crippen LogP contribution < -0.4 is 10.9 Å². The number of rotatable bonds is 4. The van der Waals surface area contributed by atoms with Crippen LogP contribution in [0.3, 0.4) is 0 Å². The van der Waals surface area contributed by atoms with Gasteiger partial charge in [0.1, 0.15) is 5.69 Å². The lowest BCUT2D eigenvalue weighted by atomic mass is 9.93. The maximum Gasteiger partial charge on any atom is 0.295 e. The van der Waals surface area contributed by atoms with E-state index in [0.29, 0.717) is 11.4 Å². The molecule has 0 bridgehead atoms. The summed E-state index contributed by atoms with van der Waals surface area (Å²) in [5.41, 5.74) is 3.18. The Morgan fingerprint density at radius 2 is 1.71 bits per heavy atom. The maximum atomic E-state index is 13.1. The SMILES string of the molecule is CC(=O)N1C=Cc2ccccc2C1CC(=O)Nc1c(C)n(C)n(-c2ccccc2)c1=O. The number of aromatic nitrogens is 2. The summed E-state index contributed by atoms with van der Waals surface area (Å²) in [5, 5.41) is 2.79. The normalized spacial score (nSPS) is 14.9. The van der Waals surface area contributed by atoms with Gasteiger partial charge in [0.2, 0.25) is 11.8 Å². The van der Waals surface area contributed by atoms with Crippen LogP contribution in [0.25, 0.3) is 11.8 Å². The molecule has 31 heavy (non-hydrogen) atoms. The minimum Gasteiger partial charge on any atom is -0.320 e. The van der Waals surface area contributed by atoms with Gasteiger partial charge in [-0.15, -0.1) is 0 Å². The number of nitrogens with zero attached hydrogens (tertiary/aromatic N) is 3. The Balaban J connectivity index is 1.63. The van der Waals surface area contributed by atoms with E-state index in [2.05, 4.69) is 5.32 Å². The quantitative estimate of drug-likeness (QED) is 0.708. The van der Waals surface area contributed by atoms with Crippen LogP contribution in [0.5, 0.6) is 0 Å². The van der Waals surface area contributed by atoms with Gasteiger partial charge in [-0.1, -0.05) is 42.5 Å². The Hall–Kier alpha value is -3.87. The molecule has 158 valence electrons. The van der Waals surface area contributed by atoms with Crippen molar-refractivity contribution in [2.45, 2.75) is 26.3 Å². The first-order valence-electron chi connectivity index (χ1n) is 10.1. The van der Waals surface area contributed by atoms with Crippen LogP contribution >= 0.6 is 0 Å². The predicted molar refractivity (Wildman–Crippen MR) is 120 cm³/mol. The third kappa shape index (κ3) is 3.70. The summed E-state index contributed by atoms with van der Waals surface area (Å²) >= 11 is 0. The lowest BCUT2D eigenvalue weighted by Gasteiger charge is -2.32. The van der Waals surface area contributed by atoms with Crippen LogP contribution in [0.4, 0.5) is 5.69 Å². The largest absolute Gasteiger partial charge is 0.320 e. The van der Waals surface area contributed by atoms with Crippen molar-refractivity contribution >= 4 is 23.6 Å². The number of carbonyl (C=O) groups excluding carboxylic acids is 2. The highest BCUT2D eigenvalue weighted by Gasteiger charge is 2.29. The van der Waals surface area contributed by atoms with Gasteiger partial charge in [0, 0.05) is 20.2 Å². The Morgan fingerprint density at radius 3 is 2.42 bits per heavy atom. The molecule has 1 unspecified atom stereocenters. The molecule has 2 aromatic carbocycles. The Bertz CT molecular complexity index is 1240. The number of hydrogen-bond donors (Lipinski definition) is 1. The second kappa shape index (κ2) is 8.10. The van der Waals surface area contributed by atoms with Crippen LogP contribution in [-0.2, 0) is 16.6 Å². The van der Waals surface area contributed by atoms with Crippen LogP contribution in [-0.4, -0.2) is 26.1 Å². The van der Waals surface area contributed by atoms with E-state index in [1.54, 1.807) is 29.8 Å². The molecule has 0 radical (unpaired) electrons. The summed E-state index contributed by atoms with van der Waals surface area (Å²) in [5.74, 6) is -0.474. The second-order valence-corrected chi connectivity index (χ2v) is 7.58. The molecule has 0 aliphatic carbocycles. The molecule has 0 spiro atoms. The van der Waals surface area contributed by atoms with E-state index < -0.39 is 6.04 Å². The van der Waals surface area contributed by atoms with Crippen molar-refractivity contribution in [2.75, 3.05) is 5.32 Å². The van der Waals surface area contributed by atoms with Gasteiger partial charge >= 0.3 is 0 Å². The molecule has 7 nitrogen and oxygen atoms in total. The molecular formula is C24H24N4O3. The van der Waals surface area contributed by atoms with Crippen molar-refractivity contribution < 1.29 is 9.59 Å². The summed E-state index contributed by atoms with van der Waals surface area (Å²) in [7, 11) is 1.78. The molecule has 1 N–H and O–H groups in total. The molecule has 1 atom stereocenters. The van der Waals surface area contributed by atoms with Gasteiger partial charge in [-0.05, 0) is 36.3 Å². The zero-order chi connectivity index (χ0) is 22.1. The molecule has 4 rings (SSSR count). The van der Waals surface area contributed by atoms with E-state index in [-0.39, 0.29) is 29.5 Å². The molecule has 0 fully saturated rings. The van der Waals surface area contributed by atoms with Crippen molar-refractivity contribution in [1.29, 1.82) is 0 Å². The van der Waals surface area contributed by atoms with Gasteiger partial charge in [0.05, 0.1) is 23.8 Å². The molecule has 1 aliphatic heterocycles. The molecule has 1 aliphatic rings. The van der Waals surface area contributed by atoms with Crippen molar-refractivity contribution in [3.05, 3.63) is 88.0 Å². The second-order valence-electron chi connectivity index (χ2n) is 7.58. The first-order chi connectivity index (χ1) is 14.9. The fraction of sp³-hybridized carbons (Fsp3) is 0.208.